The van der Waals surface area contributed by atoms with Crippen LogP contribution < -0.4 is 0 Å². The van der Waals surface area contributed by atoms with E-state index in [4.69, 9.17) is 5.11 Å². The molecule has 0 aliphatic heterocycles. The van der Waals surface area contributed by atoms with Crippen molar-refractivity contribution in [1.82, 2.24) is 4.98 Å². The molecule has 0 bridgehead atoms. The second-order valence-electron chi connectivity index (χ2n) is 4.33. The van der Waals surface area contributed by atoms with Gasteiger partial charge in [-0.25, -0.2) is 0 Å². The number of benzene rings is 1. The zero-order valence-corrected chi connectivity index (χ0v) is 15.5. The molecule has 0 unspecified atom stereocenters. The average molecular weight is 346 g/mol. The van der Waals surface area contributed by atoms with Crippen LogP contribution in [-0.4, -0.2) is 16.1 Å². The molecule has 0 aliphatic carbocycles. The van der Waals surface area contributed by atoms with Gasteiger partial charge in [0.25, 0.3) is 5.97 Å². The van der Waals surface area contributed by atoms with Crippen molar-refractivity contribution < 1.29 is 42.6 Å². The van der Waals surface area contributed by atoms with E-state index in [1.807, 2.05) is 20.8 Å². The number of aromatic carboxylic acids is 1. The van der Waals surface area contributed by atoms with Crippen LogP contribution in [0.4, 0.5) is 0 Å². The Bertz CT molecular complexity index is 636. The Hall–Kier alpha value is -0.796. The van der Waals surface area contributed by atoms with Gasteiger partial charge in [-0.15, -0.1) is 11.6 Å². The number of carbonyl (C=O) groups is 1. The number of hydrogen-bond donors (Lipinski definition) is 1. The summed E-state index contributed by atoms with van der Waals surface area (Å²) in [6.45, 7) is 13.1. The number of aryl methyl sites for hydroxylation is 2. The van der Waals surface area contributed by atoms with Gasteiger partial charge in [-0.2, -0.15) is 6.92 Å². The molecule has 20 heavy (non-hydrogen) atoms. The van der Waals surface area contributed by atoms with Gasteiger partial charge in [0.15, 0.2) is 0 Å². The molecule has 0 amide bonds. The predicted octanol–water partition coefficient (Wildman–Crippen LogP) is 3.80. The minimum Gasteiger partial charge on any atom is -0.512 e. The van der Waals surface area contributed by atoms with E-state index in [0.717, 1.165) is 22.0 Å². The van der Waals surface area contributed by atoms with E-state index in [9.17, 15) is 4.79 Å². The van der Waals surface area contributed by atoms with Crippen LogP contribution in [-0.2, 0) is 32.7 Å². The summed E-state index contributed by atoms with van der Waals surface area (Å²) in [6.07, 6.45) is 1.37. The van der Waals surface area contributed by atoms with Crippen molar-refractivity contribution in [2.45, 2.75) is 34.6 Å². The molecule has 3 nitrogen and oxygen atoms in total. The van der Waals surface area contributed by atoms with E-state index in [2.05, 4.69) is 24.9 Å². The second kappa shape index (κ2) is 7.85. The van der Waals surface area contributed by atoms with E-state index >= 15 is 0 Å². The van der Waals surface area contributed by atoms with Crippen LogP contribution in [0.2, 0.25) is 0 Å². The van der Waals surface area contributed by atoms with Gasteiger partial charge in [-0.05, 0) is 38.0 Å². The van der Waals surface area contributed by atoms with Crippen molar-refractivity contribution in [3.8, 4) is 0 Å². The fourth-order valence-corrected chi connectivity index (χ4v) is 2.01. The third-order valence-electron chi connectivity index (χ3n) is 3.47. The third kappa shape index (κ3) is 3.45. The summed E-state index contributed by atoms with van der Waals surface area (Å²) >= 11 is 0. The summed E-state index contributed by atoms with van der Waals surface area (Å²) in [6, 6.07) is 2.94. The molecule has 4 heteroatoms. The molecule has 1 aromatic carbocycles. The van der Waals surface area contributed by atoms with Crippen molar-refractivity contribution in [3.05, 3.63) is 47.0 Å². The van der Waals surface area contributed by atoms with Gasteiger partial charge in [-0.1, -0.05) is 29.0 Å². The van der Waals surface area contributed by atoms with Crippen LogP contribution in [0.25, 0.3) is 10.9 Å². The second-order valence-corrected chi connectivity index (χ2v) is 4.33. The molecular formula is C16H19NO2Y-2. The summed E-state index contributed by atoms with van der Waals surface area (Å²) in [7, 11) is 0. The molecule has 1 aromatic heterocycles. The third-order valence-corrected chi connectivity index (χ3v) is 3.47. The number of aromatic nitrogens is 1. The Labute approximate surface area is 145 Å². The smallest absolute Gasteiger partial charge is 0.267 e. The van der Waals surface area contributed by atoms with Gasteiger partial charge in [0.05, 0.1) is 0 Å². The van der Waals surface area contributed by atoms with Gasteiger partial charge in [0.1, 0.15) is 0 Å². The SMILES string of the molecule is Cc1c(C)c(C)c2ncc(C(=O)O)[c-]c2c1C.[CH2-]C.[Y]. The largest absolute Gasteiger partial charge is 0.512 e. The first kappa shape index (κ1) is 19.2. The molecule has 0 saturated heterocycles. The maximum Gasteiger partial charge on any atom is 0.267 e. The van der Waals surface area contributed by atoms with Crippen molar-refractivity contribution in [1.29, 1.82) is 0 Å². The van der Waals surface area contributed by atoms with Crippen molar-refractivity contribution in [2.75, 3.05) is 0 Å². The first-order valence-corrected chi connectivity index (χ1v) is 6.16. The van der Waals surface area contributed by atoms with Gasteiger partial charge in [0.2, 0.25) is 0 Å². The quantitative estimate of drug-likeness (QED) is 0.799. The Balaban J connectivity index is 0.00000115. The normalized spacial score (nSPS) is 9.50. The molecule has 0 spiro atoms. The first-order valence-electron chi connectivity index (χ1n) is 6.16. The van der Waals surface area contributed by atoms with Crippen molar-refractivity contribution >= 4 is 16.9 Å². The van der Waals surface area contributed by atoms with Crippen LogP contribution in [0.3, 0.4) is 0 Å². The van der Waals surface area contributed by atoms with Crippen LogP contribution in [0.15, 0.2) is 6.20 Å². The minimum atomic E-state index is -0.991. The van der Waals surface area contributed by atoms with Crippen LogP contribution in [0, 0.1) is 40.7 Å². The number of pyridine rings is 1. The number of carboxylic acids is 1. The molecule has 2 aromatic rings. The van der Waals surface area contributed by atoms with Crippen LogP contribution >= 0.6 is 0 Å². The number of hydrogen-bond acceptors (Lipinski definition) is 2. The first-order chi connectivity index (χ1) is 8.93. The van der Waals surface area contributed by atoms with Gasteiger partial charge >= 0.3 is 0 Å². The van der Waals surface area contributed by atoms with Gasteiger partial charge < -0.3 is 17.0 Å². The summed E-state index contributed by atoms with van der Waals surface area (Å²) in [5.41, 5.74) is 5.49. The molecule has 0 fully saturated rings. The summed E-state index contributed by atoms with van der Waals surface area (Å²) in [4.78, 5) is 15.2. The molecule has 0 atom stereocenters. The molecule has 1 heterocycles. The molecule has 0 aliphatic rings. The fourth-order valence-electron chi connectivity index (χ4n) is 2.01. The van der Waals surface area contributed by atoms with E-state index in [-0.39, 0.29) is 38.3 Å². The molecule has 1 N–H and O–H groups in total. The molecule has 1 radical (unpaired) electrons. The predicted molar refractivity (Wildman–Crippen MR) is 77.5 cm³/mol. The molecular weight excluding hydrogens is 327 g/mol. The van der Waals surface area contributed by atoms with E-state index in [0.29, 0.717) is 0 Å². The van der Waals surface area contributed by atoms with E-state index in [1.165, 1.54) is 17.3 Å². The summed E-state index contributed by atoms with van der Waals surface area (Å²) < 4.78 is 0. The van der Waals surface area contributed by atoms with Crippen LogP contribution in [0.5, 0.6) is 0 Å². The number of fused-ring (bicyclic) bond motifs is 1. The number of rotatable bonds is 1. The van der Waals surface area contributed by atoms with Crippen molar-refractivity contribution in [3.63, 3.8) is 0 Å². The zero-order chi connectivity index (χ0) is 14.7. The van der Waals surface area contributed by atoms with Gasteiger partial charge in [-0.3, -0.25) is 4.79 Å². The monoisotopic (exact) mass is 346 g/mol. The molecule has 105 valence electrons. The minimum absolute atomic E-state index is 0. The van der Waals surface area contributed by atoms with E-state index in [1.54, 1.807) is 6.92 Å². The summed E-state index contributed by atoms with van der Waals surface area (Å²) in [5, 5.41) is 9.77. The zero-order valence-electron chi connectivity index (χ0n) is 12.7. The Morgan fingerprint density at radius 2 is 1.60 bits per heavy atom. The molecule has 2 rings (SSSR count). The Morgan fingerprint density at radius 1 is 1.10 bits per heavy atom. The summed E-state index contributed by atoms with van der Waals surface area (Å²) in [5.74, 6) is -0.991. The van der Waals surface area contributed by atoms with Gasteiger partial charge in [0, 0.05) is 32.7 Å². The van der Waals surface area contributed by atoms with E-state index < -0.39 is 5.97 Å². The van der Waals surface area contributed by atoms with Crippen LogP contribution in [0.1, 0.15) is 39.5 Å². The maximum atomic E-state index is 10.9. The fraction of sp³-hybridized carbons (Fsp3) is 0.312. The standard InChI is InChI=1S/C14H14NO2.C2H5.Y/c1-7-8(2)10(4)13-12(9(7)3)5-11(6-15-13)14(16)17;1-2;/h6H,1-4H3,(H,16,17);1H2,2H3;/q2*-1;. The number of carboxylic acid groups (broad SMARTS) is 1. The number of nitrogens with zero attached hydrogens (tertiary/aromatic N) is 1. The Morgan fingerprint density at radius 3 is 2.10 bits per heavy atom. The average Bonchev–Trinajstić information content (AvgIpc) is 2.44. The molecule has 0 saturated carbocycles. The maximum absolute atomic E-state index is 10.9. The van der Waals surface area contributed by atoms with Crippen molar-refractivity contribution in [2.24, 2.45) is 0 Å². The Kier molecular flexibility index (Phi) is 7.53. The topological polar surface area (TPSA) is 50.2 Å².